The van der Waals surface area contributed by atoms with Crippen LogP contribution in [0.4, 0.5) is 0 Å². The lowest BCUT2D eigenvalue weighted by Gasteiger charge is -2.31. The van der Waals surface area contributed by atoms with Crippen molar-refractivity contribution >= 4 is 5.91 Å². The Bertz CT molecular complexity index is 833. The van der Waals surface area contributed by atoms with Gasteiger partial charge in [-0.2, -0.15) is 5.10 Å². The number of H-pyrrole nitrogens is 1. The summed E-state index contributed by atoms with van der Waals surface area (Å²) in [7, 11) is 3.68. The summed E-state index contributed by atoms with van der Waals surface area (Å²) >= 11 is 0. The number of nitrogens with zero attached hydrogens (tertiary/aromatic N) is 3. The van der Waals surface area contributed by atoms with Gasteiger partial charge in [0.15, 0.2) is 0 Å². The van der Waals surface area contributed by atoms with Gasteiger partial charge < -0.3 is 14.7 Å². The van der Waals surface area contributed by atoms with Crippen molar-refractivity contribution in [1.82, 2.24) is 20.0 Å². The van der Waals surface area contributed by atoms with Crippen LogP contribution < -0.4 is 4.74 Å². The van der Waals surface area contributed by atoms with Crippen molar-refractivity contribution in [3.63, 3.8) is 0 Å². The van der Waals surface area contributed by atoms with Crippen LogP contribution >= 0.6 is 0 Å². The summed E-state index contributed by atoms with van der Waals surface area (Å²) in [6.07, 6.45) is 2.02. The third-order valence-electron chi connectivity index (χ3n) is 5.82. The lowest BCUT2D eigenvalue weighted by molar-refractivity contribution is -0.00402. The number of benzene rings is 1. The van der Waals surface area contributed by atoms with Crippen LogP contribution in [0.2, 0.25) is 0 Å². The Kier molecular flexibility index (Phi) is 7.15. The molecule has 0 aliphatic carbocycles. The zero-order valence-electron chi connectivity index (χ0n) is 18.5. The van der Waals surface area contributed by atoms with E-state index in [1.807, 2.05) is 42.3 Å². The van der Waals surface area contributed by atoms with E-state index in [2.05, 4.69) is 28.9 Å². The summed E-state index contributed by atoms with van der Waals surface area (Å²) in [5.74, 6) is 1.08. The molecule has 0 radical (unpaired) electrons. The zero-order chi connectivity index (χ0) is 21.7. The number of hydrogen-bond acceptors (Lipinski definition) is 5. The summed E-state index contributed by atoms with van der Waals surface area (Å²) < 4.78 is 5.21. The van der Waals surface area contributed by atoms with Crippen molar-refractivity contribution in [1.29, 1.82) is 0 Å². The molecule has 1 aliphatic rings. The Balaban J connectivity index is 1.56. The number of aliphatic hydroxyl groups is 1. The first-order valence-electron chi connectivity index (χ1n) is 10.7. The van der Waals surface area contributed by atoms with Crippen molar-refractivity contribution in [2.45, 2.75) is 51.2 Å². The van der Waals surface area contributed by atoms with Gasteiger partial charge in [-0.1, -0.05) is 26.0 Å². The molecule has 1 fully saturated rings. The maximum atomic E-state index is 12.9. The first kappa shape index (κ1) is 22.3. The normalized spacial score (nSPS) is 19.9. The van der Waals surface area contributed by atoms with E-state index in [0.29, 0.717) is 44.1 Å². The lowest BCUT2D eigenvalue weighted by Crippen LogP contribution is -2.42. The van der Waals surface area contributed by atoms with Crippen molar-refractivity contribution in [3.05, 3.63) is 47.3 Å². The molecule has 1 aliphatic heterocycles. The van der Waals surface area contributed by atoms with E-state index in [-0.39, 0.29) is 5.91 Å². The van der Waals surface area contributed by atoms with E-state index >= 15 is 0 Å². The molecule has 1 atom stereocenters. The van der Waals surface area contributed by atoms with Crippen LogP contribution in [0.1, 0.15) is 60.8 Å². The van der Waals surface area contributed by atoms with Crippen molar-refractivity contribution in [3.8, 4) is 5.75 Å². The second kappa shape index (κ2) is 9.62. The van der Waals surface area contributed by atoms with E-state index in [0.717, 1.165) is 24.4 Å². The summed E-state index contributed by atoms with van der Waals surface area (Å²) in [6.45, 7) is 6.64. The summed E-state index contributed by atoms with van der Waals surface area (Å²) in [4.78, 5) is 16.8. The highest BCUT2D eigenvalue weighted by molar-refractivity contribution is 5.92. The number of hydrogen-bond donors (Lipinski definition) is 2. The van der Waals surface area contributed by atoms with Gasteiger partial charge in [0, 0.05) is 31.9 Å². The number of methoxy groups -OCH3 is 1. The van der Waals surface area contributed by atoms with Crippen LogP contribution in [0.15, 0.2) is 30.3 Å². The number of amides is 1. The van der Waals surface area contributed by atoms with Gasteiger partial charge >= 0.3 is 0 Å². The van der Waals surface area contributed by atoms with Crippen molar-refractivity contribution in [2.24, 2.45) is 0 Å². The average molecular weight is 415 g/mol. The second-order valence-corrected chi connectivity index (χ2v) is 8.75. The quantitative estimate of drug-likeness (QED) is 0.728. The molecule has 2 heterocycles. The number of nitrogens with one attached hydrogen (secondary N) is 1. The van der Waals surface area contributed by atoms with Crippen LogP contribution in [0.25, 0.3) is 0 Å². The van der Waals surface area contributed by atoms with Gasteiger partial charge in [-0.15, -0.1) is 0 Å². The van der Waals surface area contributed by atoms with Gasteiger partial charge in [0.25, 0.3) is 5.91 Å². The molecule has 0 bridgehead atoms. The molecule has 1 aromatic heterocycles. The number of rotatable bonds is 7. The second-order valence-electron chi connectivity index (χ2n) is 8.75. The first-order chi connectivity index (χ1) is 14.3. The first-order valence-corrected chi connectivity index (χ1v) is 10.7. The molecule has 1 amide bonds. The molecule has 7 nitrogen and oxygen atoms in total. The summed E-state index contributed by atoms with van der Waals surface area (Å²) in [5.41, 5.74) is 1.79. The van der Waals surface area contributed by atoms with Crippen LogP contribution in [0, 0.1) is 0 Å². The third-order valence-corrected chi connectivity index (χ3v) is 5.82. The number of likely N-dealkylation sites (tertiary alicyclic amines) is 1. The Morgan fingerprint density at radius 3 is 2.67 bits per heavy atom. The Labute approximate surface area is 179 Å². The molecule has 0 unspecified atom stereocenters. The maximum absolute atomic E-state index is 12.9. The molecule has 164 valence electrons. The molecule has 1 saturated heterocycles. The van der Waals surface area contributed by atoms with E-state index in [1.165, 1.54) is 5.56 Å². The van der Waals surface area contributed by atoms with Gasteiger partial charge in [-0.05, 0) is 56.0 Å². The number of aromatic amines is 1. The lowest BCUT2D eigenvalue weighted by atomic mass is 9.94. The zero-order valence-corrected chi connectivity index (χ0v) is 18.5. The van der Waals surface area contributed by atoms with Crippen LogP contribution in [-0.2, 0) is 6.54 Å². The third kappa shape index (κ3) is 5.61. The maximum Gasteiger partial charge on any atom is 0.274 e. The molecule has 0 saturated carbocycles. The minimum atomic E-state index is -0.801. The SMILES string of the molecule is COc1ccc(CN(C)C[C@]2(O)CCCN(C(=O)c3cc(C(C)C)[nH]n3)CC2)cc1. The molecule has 30 heavy (non-hydrogen) atoms. The van der Waals surface area contributed by atoms with Gasteiger partial charge in [-0.3, -0.25) is 14.8 Å². The number of likely N-dealkylation sites (N-methyl/N-ethyl adjacent to an activating group) is 1. The molecule has 7 heteroatoms. The number of aromatic nitrogens is 2. The number of ether oxygens (including phenoxy) is 1. The standard InChI is InChI=1S/C23H34N4O3/c1-17(2)20-14-21(25-24-20)22(28)27-12-5-10-23(29,11-13-27)16-26(3)15-18-6-8-19(30-4)9-7-18/h6-9,14,17,29H,5,10-13,15-16H2,1-4H3,(H,24,25)/t23-/m0/s1. The van der Waals surface area contributed by atoms with Crippen LogP contribution in [0.3, 0.4) is 0 Å². The van der Waals surface area contributed by atoms with Crippen molar-refractivity contribution in [2.75, 3.05) is 33.8 Å². The highest BCUT2D eigenvalue weighted by atomic mass is 16.5. The van der Waals surface area contributed by atoms with Crippen LogP contribution in [-0.4, -0.2) is 70.4 Å². The number of carbonyl (C=O) groups excluding carboxylic acids is 1. The smallest absolute Gasteiger partial charge is 0.274 e. The Hall–Kier alpha value is -2.38. The Morgan fingerprint density at radius 2 is 2.03 bits per heavy atom. The predicted molar refractivity (Wildman–Crippen MR) is 117 cm³/mol. The monoisotopic (exact) mass is 414 g/mol. The molecule has 2 aromatic rings. The van der Waals surface area contributed by atoms with Gasteiger partial charge in [0.05, 0.1) is 12.7 Å². The largest absolute Gasteiger partial charge is 0.497 e. The van der Waals surface area contributed by atoms with Gasteiger partial charge in [0.1, 0.15) is 11.4 Å². The summed E-state index contributed by atoms with van der Waals surface area (Å²) in [6, 6.07) is 9.83. The average Bonchev–Trinajstić information content (AvgIpc) is 3.13. The summed E-state index contributed by atoms with van der Waals surface area (Å²) in [5, 5.41) is 18.4. The molecule has 2 N–H and O–H groups in total. The molecule has 0 spiro atoms. The van der Waals surface area contributed by atoms with Crippen LogP contribution in [0.5, 0.6) is 5.75 Å². The minimum Gasteiger partial charge on any atom is -0.497 e. The topological polar surface area (TPSA) is 81.7 Å². The molecule has 1 aromatic carbocycles. The predicted octanol–water partition coefficient (Wildman–Crippen LogP) is 3.03. The van der Waals surface area contributed by atoms with E-state index in [4.69, 9.17) is 4.74 Å². The molecular weight excluding hydrogens is 380 g/mol. The fourth-order valence-corrected chi connectivity index (χ4v) is 4.04. The fourth-order valence-electron chi connectivity index (χ4n) is 4.04. The molecule has 3 rings (SSSR count). The molecular formula is C23H34N4O3. The van der Waals surface area contributed by atoms with E-state index in [9.17, 15) is 9.90 Å². The minimum absolute atomic E-state index is 0.0611. The highest BCUT2D eigenvalue weighted by Crippen LogP contribution is 2.25. The van der Waals surface area contributed by atoms with Crippen molar-refractivity contribution < 1.29 is 14.6 Å². The van der Waals surface area contributed by atoms with Gasteiger partial charge in [-0.25, -0.2) is 0 Å². The van der Waals surface area contributed by atoms with E-state index < -0.39 is 5.60 Å². The van der Waals surface area contributed by atoms with Gasteiger partial charge in [0.2, 0.25) is 0 Å². The fraction of sp³-hybridized carbons (Fsp3) is 0.565. The van der Waals surface area contributed by atoms with E-state index in [1.54, 1.807) is 7.11 Å². The Morgan fingerprint density at radius 1 is 1.30 bits per heavy atom. The number of carbonyl (C=O) groups is 1. The highest BCUT2D eigenvalue weighted by Gasteiger charge is 2.33.